The van der Waals surface area contributed by atoms with E-state index in [1.807, 2.05) is 0 Å². The second-order valence-electron chi connectivity index (χ2n) is 4.74. The first-order chi connectivity index (χ1) is 9.10. The van der Waals surface area contributed by atoms with Crippen LogP contribution in [0.4, 0.5) is 5.95 Å². The molecule has 19 heavy (non-hydrogen) atoms. The smallest absolute Gasteiger partial charge is 0.308 e. The summed E-state index contributed by atoms with van der Waals surface area (Å²) in [6, 6.07) is 0.167. The Hall–Kier alpha value is -1.43. The molecule has 1 aliphatic carbocycles. The number of anilines is 1. The quantitative estimate of drug-likeness (QED) is 0.855. The molecule has 1 fully saturated rings. The summed E-state index contributed by atoms with van der Waals surface area (Å²) < 4.78 is 4.80. The van der Waals surface area contributed by atoms with Crippen LogP contribution in [0.1, 0.15) is 31.4 Å². The lowest BCUT2D eigenvalue weighted by Gasteiger charge is -2.27. The largest absolute Gasteiger partial charge is 0.469 e. The number of ether oxygens (including phenoxy) is 1. The number of nitrogens with zero attached hydrogens (tertiary/aromatic N) is 3. The standard InChI is InChI=1S/C12H17ClN4O2/c1-7-10(13)16-17-12(14-7)15-9-5-3-4-8(6-9)11(18)19-2/h8-9H,3-6H2,1-2H3,(H,14,15,17)/t8-,9+/m0/s1. The molecule has 104 valence electrons. The predicted octanol–water partition coefficient (Wildman–Crippen LogP) is 1.98. The number of carbonyl (C=O) groups is 1. The number of rotatable bonds is 3. The van der Waals surface area contributed by atoms with Gasteiger partial charge in [0.05, 0.1) is 18.7 Å². The molecule has 7 heteroatoms. The van der Waals surface area contributed by atoms with E-state index in [1.165, 1.54) is 7.11 Å². The van der Waals surface area contributed by atoms with Gasteiger partial charge < -0.3 is 10.1 Å². The van der Waals surface area contributed by atoms with E-state index in [0.29, 0.717) is 16.8 Å². The topological polar surface area (TPSA) is 77.0 Å². The lowest BCUT2D eigenvalue weighted by atomic mass is 9.86. The first kappa shape index (κ1) is 14.0. The zero-order valence-corrected chi connectivity index (χ0v) is 11.8. The average Bonchev–Trinajstić information content (AvgIpc) is 2.42. The van der Waals surface area contributed by atoms with E-state index in [1.54, 1.807) is 6.92 Å². The first-order valence-corrected chi connectivity index (χ1v) is 6.69. The van der Waals surface area contributed by atoms with Gasteiger partial charge in [0.25, 0.3) is 0 Å². The molecule has 0 aromatic carbocycles. The maximum atomic E-state index is 11.6. The van der Waals surface area contributed by atoms with Crippen molar-refractivity contribution in [1.82, 2.24) is 15.2 Å². The van der Waals surface area contributed by atoms with E-state index in [2.05, 4.69) is 20.5 Å². The molecule has 1 saturated carbocycles. The summed E-state index contributed by atoms with van der Waals surface area (Å²) in [5.41, 5.74) is 0.638. The van der Waals surface area contributed by atoms with Gasteiger partial charge in [-0.3, -0.25) is 4.79 Å². The van der Waals surface area contributed by atoms with Gasteiger partial charge in [0.2, 0.25) is 5.95 Å². The predicted molar refractivity (Wildman–Crippen MR) is 71.0 cm³/mol. The molecule has 0 aliphatic heterocycles. The number of nitrogens with one attached hydrogen (secondary N) is 1. The summed E-state index contributed by atoms with van der Waals surface area (Å²) in [5, 5.41) is 11.2. The van der Waals surface area contributed by atoms with Crippen molar-refractivity contribution in [3.05, 3.63) is 10.8 Å². The van der Waals surface area contributed by atoms with Gasteiger partial charge in [-0.25, -0.2) is 4.98 Å². The van der Waals surface area contributed by atoms with Gasteiger partial charge in [0.1, 0.15) is 0 Å². The minimum Gasteiger partial charge on any atom is -0.469 e. The monoisotopic (exact) mass is 284 g/mol. The molecule has 1 aromatic heterocycles. The van der Waals surface area contributed by atoms with Crippen LogP contribution in [0.15, 0.2) is 0 Å². The third-order valence-electron chi connectivity index (χ3n) is 3.35. The molecule has 6 nitrogen and oxygen atoms in total. The van der Waals surface area contributed by atoms with Gasteiger partial charge in [0.15, 0.2) is 5.15 Å². The van der Waals surface area contributed by atoms with Crippen LogP contribution >= 0.6 is 11.6 Å². The molecular weight excluding hydrogens is 268 g/mol. The Morgan fingerprint density at radius 2 is 2.21 bits per heavy atom. The fraction of sp³-hybridized carbons (Fsp3) is 0.667. The molecule has 0 bridgehead atoms. The Balaban J connectivity index is 1.98. The third-order valence-corrected chi connectivity index (χ3v) is 3.70. The van der Waals surface area contributed by atoms with E-state index in [0.717, 1.165) is 25.7 Å². The van der Waals surface area contributed by atoms with Crippen LogP contribution in [-0.2, 0) is 9.53 Å². The Labute approximate surface area is 116 Å². The van der Waals surface area contributed by atoms with Crippen molar-refractivity contribution in [3.8, 4) is 0 Å². The second kappa shape index (κ2) is 6.14. The molecule has 0 radical (unpaired) electrons. The molecule has 0 saturated heterocycles. The molecule has 0 unspecified atom stereocenters. The lowest BCUT2D eigenvalue weighted by molar-refractivity contribution is -0.146. The van der Waals surface area contributed by atoms with E-state index in [-0.39, 0.29) is 17.9 Å². The van der Waals surface area contributed by atoms with Crippen LogP contribution in [0, 0.1) is 12.8 Å². The minimum absolute atomic E-state index is 0.0439. The number of aryl methyl sites for hydroxylation is 1. The summed E-state index contributed by atoms with van der Waals surface area (Å²) in [6.45, 7) is 1.78. The Kier molecular flexibility index (Phi) is 4.52. The van der Waals surface area contributed by atoms with Crippen LogP contribution in [0.25, 0.3) is 0 Å². The number of aromatic nitrogens is 3. The van der Waals surface area contributed by atoms with Crippen LogP contribution in [0.5, 0.6) is 0 Å². The zero-order valence-electron chi connectivity index (χ0n) is 11.0. The highest BCUT2D eigenvalue weighted by molar-refractivity contribution is 6.29. The normalized spacial score (nSPS) is 22.9. The molecule has 1 N–H and O–H groups in total. The Morgan fingerprint density at radius 3 is 2.89 bits per heavy atom. The molecule has 1 aromatic rings. The minimum atomic E-state index is -0.141. The fourth-order valence-electron chi connectivity index (χ4n) is 2.34. The van der Waals surface area contributed by atoms with Crippen molar-refractivity contribution >= 4 is 23.5 Å². The van der Waals surface area contributed by atoms with Crippen molar-refractivity contribution in [2.24, 2.45) is 5.92 Å². The Bertz CT molecular complexity index is 469. The van der Waals surface area contributed by atoms with Crippen molar-refractivity contribution in [1.29, 1.82) is 0 Å². The van der Waals surface area contributed by atoms with Crippen LogP contribution in [0.2, 0.25) is 5.15 Å². The molecule has 2 rings (SSSR count). The first-order valence-electron chi connectivity index (χ1n) is 6.31. The highest BCUT2D eigenvalue weighted by atomic mass is 35.5. The van der Waals surface area contributed by atoms with Gasteiger partial charge in [-0.05, 0) is 26.2 Å². The van der Waals surface area contributed by atoms with Gasteiger partial charge in [-0.2, -0.15) is 0 Å². The number of esters is 1. The van der Waals surface area contributed by atoms with E-state index < -0.39 is 0 Å². The lowest BCUT2D eigenvalue weighted by Crippen LogP contribution is -2.32. The second-order valence-corrected chi connectivity index (χ2v) is 5.10. The number of hydrogen-bond donors (Lipinski definition) is 1. The molecule has 2 atom stereocenters. The summed E-state index contributed by atoms with van der Waals surface area (Å²) in [4.78, 5) is 15.8. The molecule has 1 heterocycles. The zero-order chi connectivity index (χ0) is 13.8. The Morgan fingerprint density at radius 1 is 1.42 bits per heavy atom. The van der Waals surface area contributed by atoms with Crippen molar-refractivity contribution < 1.29 is 9.53 Å². The number of carbonyl (C=O) groups excluding carboxylic acids is 1. The van der Waals surface area contributed by atoms with E-state index in [4.69, 9.17) is 16.3 Å². The van der Waals surface area contributed by atoms with Gasteiger partial charge >= 0.3 is 5.97 Å². The van der Waals surface area contributed by atoms with Crippen LogP contribution < -0.4 is 5.32 Å². The molecular formula is C12H17ClN4O2. The van der Waals surface area contributed by atoms with Gasteiger partial charge in [-0.1, -0.05) is 18.0 Å². The third kappa shape index (κ3) is 3.53. The highest BCUT2D eigenvalue weighted by Crippen LogP contribution is 2.27. The van der Waals surface area contributed by atoms with Crippen LogP contribution in [0.3, 0.4) is 0 Å². The summed E-state index contributed by atoms with van der Waals surface area (Å²) >= 11 is 5.78. The van der Waals surface area contributed by atoms with E-state index in [9.17, 15) is 4.79 Å². The van der Waals surface area contributed by atoms with Crippen molar-refractivity contribution in [2.75, 3.05) is 12.4 Å². The highest BCUT2D eigenvalue weighted by Gasteiger charge is 2.28. The maximum absolute atomic E-state index is 11.6. The molecule has 0 amide bonds. The molecule has 0 spiro atoms. The fourth-order valence-corrected chi connectivity index (χ4v) is 2.42. The van der Waals surface area contributed by atoms with E-state index >= 15 is 0 Å². The average molecular weight is 285 g/mol. The summed E-state index contributed by atoms with van der Waals surface area (Å²) in [7, 11) is 1.43. The maximum Gasteiger partial charge on any atom is 0.308 e. The van der Waals surface area contributed by atoms with Crippen LogP contribution in [-0.4, -0.2) is 34.3 Å². The van der Waals surface area contributed by atoms with Gasteiger partial charge in [0, 0.05) is 6.04 Å². The van der Waals surface area contributed by atoms with Gasteiger partial charge in [-0.15, -0.1) is 10.2 Å². The van der Waals surface area contributed by atoms with Crippen molar-refractivity contribution in [3.63, 3.8) is 0 Å². The number of methoxy groups -OCH3 is 1. The number of halogens is 1. The SMILES string of the molecule is COC(=O)[C@H]1CCC[C@@H](Nc2nnc(Cl)c(C)n2)C1. The van der Waals surface area contributed by atoms with Crippen molar-refractivity contribution in [2.45, 2.75) is 38.6 Å². The summed E-state index contributed by atoms with van der Waals surface area (Å²) in [6.07, 6.45) is 3.58. The summed E-state index contributed by atoms with van der Waals surface area (Å²) in [5.74, 6) is 0.271. The number of hydrogen-bond acceptors (Lipinski definition) is 6. The molecule has 1 aliphatic rings.